The summed E-state index contributed by atoms with van der Waals surface area (Å²) < 4.78 is 0. The van der Waals surface area contributed by atoms with Crippen LogP contribution in [-0.4, -0.2) is 23.6 Å². The normalized spacial score (nSPS) is 15.2. The molecule has 2 spiro atoms. The standard InChI is InChI=1S/C116H108N4O4/c1-71-35-31-47-93-97-63-87-64-98(94-48-32-36-72(2)102(94)105(87)101(71)93)112(122)118(68-84-41-21-14-22-42-84)108-77(7)57-90(58-78(108)8)116(53-29-18-30-54-116)92-61-81(11)110(82(12)62-92)120(70-86-45-25-16-26-46-86)114(124)100-66-88-65-99(95-49-33-37-73(3)103(95)106(88)104-74(4)38-34-50-96(100)104)113(123)119(69-85-43-23-15-24-44-85)109-79(9)59-91(60-80(109)10)115(51-27-17-28-52-115)89-55-75(5)107(76(6)56-89)117(111(97)121)67-83-39-19-13-20-40-83/h13-16,19-26,31-50,55-66H,17-18,27-30,51-54,67-70H2,1-12H3. The van der Waals surface area contributed by atoms with Crippen LogP contribution in [0.3, 0.4) is 0 Å². The average Bonchev–Trinajstić information content (AvgIpc) is 0.714. The van der Waals surface area contributed by atoms with Crippen LogP contribution in [0.4, 0.5) is 22.7 Å². The maximum Gasteiger partial charge on any atom is 0.259 e. The Bertz CT molecular complexity index is 6140. The van der Waals surface area contributed by atoms with E-state index < -0.39 is 10.8 Å². The van der Waals surface area contributed by atoms with Gasteiger partial charge in [-0.3, -0.25) is 19.2 Å². The van der Waals surface area contributed by atoms with Crippen molar-refractivity contribution in [2.75, 3.05) is 19.6 Å². The molecule has 124 heavy (non-hydrogen) atoms. The van der Waals surface area contributed by atoms with E-state index in [1.807, 2.05) is 43.9 Å². The maximum absolute atomic E-state index is 17.0. The first kappa shape index (κ1) is 80.7. The fourth-order valence-electron chi connectivity index (χ4n) is 22.8. The number of anilines is 4. The highest BCUT2D eigenvalue weighted by molar-refractivity contribution is 6.33. The second kappa shape index (κ2) is 32.3. The number of hydrogen-bond donors (Lipinski definition) is 0. The molecule has 8 nitrogen and oxygen atoms in total. The van der Waals surface area contributed by atoms with Crippen LogP contribution in [0.25, 0.3) is 64.6 Å². The Kier molecular flexibility index (Phi) is 21.0. The molecule has 616 valence electrons. The Morgan fingerprint density at radius 2 is 0.419 bits per heavy atom. The van der Waals surface area contributed by atoms with Crippen molar-refractivity contribution in [2.45, 2.75) is 184 Å². The van der Waals surface area contributed by atoms with Crippen molar-refractivity contribution in [3.05, 3.63) is 400 Å². The summed E-state index contributed by atoms with van der Waals surface area (Å²) in [6, 6.07) is 94.4. The van der Waals surface area contributed by atoms with Crippen molar-refractivity contribution in [1.29, 1.82) is 0 Å². The number of carbonyl (C=O) groups is 4. The molecule has 10 heterocycles. The van der Waals surface area contributed by atoms with Gasteiger partial charge in [0.05, 0.1) is 48.9 Å². The quantitative estimate of drug-likeness (QED) is 0.142. The molecule has 0 radical (unpaired) electrons. The third kappa shape index (κ3) is 13.8. The molecular formula is C116H108N4O4. The number of aryl methyl sites for hydroxylation is 12. The van der Waals surface area contributed by atoms with Gasteiger partial charge in [0, 0.05) is 33.1 Å². The van der Waals surface area contributed by atoms with Crippen molar-refractivity contribution < 1.29 is 19.2 Å². The van der Waals surface area contributed by atoms with Crippen LogP contribution in [-0.2, 0) is 37.0 Å². The van der Waals surface area contributed by atoms with Crippen molar-refractivity contribution in [3.8, 4) is 0 Å². The Balaban J connectivity index is 0.870. The fraction of sp³-hybridized carbons (Fsp3) is 0.241. The summed E-state index contributed by atoms with van der Waals surface area (Å²) in [7, 11) is 0. The molecule has 4 amide bonds. The number of amides is 4. The van der Waals surface area contributed by atoms with Gasteiger partial charge in [0.1, 0.15) is 0 Å². The molecule has 0 saturated heterocycles. The van der Waals surface area contributed by atoms with Gasteiger partial charge in [-0.15, -0.1) is 0 Å². The summed E-state index contributed by atoms with van der Waals surface area (Å²) in [4.78, 5) is 76.3. The number of carbonyl (C=O) groups excluding carboxylic acids is 4. The van der Waals surface area contributed by atoms with E-state index in [-0.39, 0.29) is 23.6 Å². The van der Waals surface area contributed by atoms with Gasteiger partial charge in [-0.25, -0.2) is 0 Å². The van der Waals surface area contributed by atoms with Crippen LogP contribution in [0, 0.1) is 83.1 Å². The van der Waals surface area contributed by atoms with Crippen LogP contribution in [0.5, 0.6) is 0 Å². The molecular weight excluding hydrogens is 1510 g/mol. The van der Waals surface area contributed by atoms with Gasteiger partial charge in [-0.1, -0.05) is 281 Å². The third-order valence-corrected chi connectivity index (χ3v) is 28.3. The molecule has 2 saturated carbocycles. The highest BCUT2D eigenvalue weighted by Gasteiger charge is 2.42. The molecule has 0 N–H and O–H groups in total. The first-order chi connectivity index (χ1) is 60.1. The molecule has 2 fully saturated rings. The smallest absolute Gasteiger partial charge is 0.259 e. The molecule has 0 aromatic heterocycles. The van der Waals surface area contributed by atoms with Crippen molar-refractivity contribution in [2.24, 2.45) is 0 Å². The minimum absolute atomic E-state index is 0.126. The number of nitrogens with zero attached hydrogens (tertiary/aromatic N) is 4. The van der Waals surface area contributed by atoms with Crippen LogP contribution in [0.15, 0.2) is 267 Å². The highest BCUT2D eigenvalue weighted by atomic mass is 16.2. The van der Waals surface area contributed by atoms with E-state index in [1.54, 1.807) is 0 Å². The number of hydrogen-bond acceptors (Lipinski definition) is 4. The summed E-state index contributed by atoms with van der Waals surface area (Å²) in [5.74, 6) is -0.502. The summed E-state index contributed by atoms with van der Waals surface area (Å²) in [5, 5.41) is 11.1. The summed E-state index contributed by atoms with van der Waals surface area (Å²) >= 11 is 0. The molecule has 14 bridgehead atoms. The van der Waals surface area contributed by atoms with E-state index in [0.29, 0.717) is 48.4 Å². The van der Waals surface area contributed by atoms with Crippen LogP contribution in [0.1, 0.15) is 217 Å². The molecule has 10 aliphatic heterocycles. The Labute approximate surface area is 729 Å². The van der Waals surface area contributed by atoms with Crippen molar-refractivity contribution in [3.63, 3.8) is 0 Å². The highest BCUT2D eigenvalue weighted by Crippen LogP contribution is 2.53. The Hall–Kier alpha value is -13.0. The number of rotatable bonds is 8. The van der Waals surface area contributed by atoms with E-state index >= 15 is 19.2 Å². The molecule has 8 heteroatoms. The summed E-state index contributed by atoms with van der Waals surface area (Å²) in [5.41, 5.74) is 26.0. The van der Waals surface area contributed by atoms with E-state index in [0.717, 1.165) is 241 Å². The predicted octanol–water partition coefficient (Wildman–Crippen LogP) is 28.5. The molecule has 28 rings (SSSR count). The second-order valence-corrected chi connectivity index (χ2v) is 36.5. The van der Waals surface area contributed by atoms with Crippen molar-refractivity contribution >= 4 is 111 Å². The first-order valence-electron chi connectivity index (χ1n) is 44.7. The van der Waals surface area contributed by atoms with Gasteiger partial charge in [0.25, 0.3) is 23.6 Å². The van der Waals surface area contributed by atoms with Crippen LogP contribution < -0.4 is 19.6 Å². The van der Waals surface area contributed by atoms with E-state index in [9.17, 15) is 0 Å². The average molecular weight is 1620 g/mol. The molecule has 0 unspecified atom stereocenters. The van der Waals surface area contributed by atoms with Crippen molar-refractivity contribution in [1.82, 2.24) is 0 Å². The van der Waals surface area contributed by atoms with Gasteiger partial charge in [0.15, 0.2) is 0 Å². The zero-order valence-electron chi connectivity index (χ0n) is 73.7. The lowest BCUT2D eigenvalue weighted by molar-refractivity contribution is 0.0978. The molecule has 12 aliphatic rings. The lowest BCUT2D eigenvalue weighted by atomic mass is 9.64. The molecule has 16 aromatic rings. The lowest BCUT2D eigenvalue weighted by Crippen LogP contribution is -2.35. The monoisotopic (exact) mass is 1620 g/mol. The van der Waals surface area contributed by atoms with Gasteiger partial charge in [0.2, 0.25) is 0 Å². The minimum atomic E-state index is -0.407. The van der Waals surface area contributed by atoms with Crippen LogP contribution >= 0.6 is 0 Å². The zero-order valence-corrected chi connectivity index (χ0v) is 73.7. The second-order valence-electron chi connectivity index (χ2n) is 36.5. The van der Waals surface area contributed by atoms with Crippen LogP contribution in [0.2, 0.25) is 0 Å². The molecule has 2 aliphatic carbocycles. The lowest BCUT2D eigenvalue weighted by Gasteiger charge is -2.41. The number of benzene rings is 16. The van der Waals surface area contributed by atoms with Gasteiger partial charge in [-0.2, -0.15) is 0 Å². The molecule has 0 atom stereocenters. The Morgan fingerprint density at radius 1 is 0.218 bits per heavy atom. The van der Waals surface area contributed by atoms with Gasteiger partial charge < -0.3 is 19.6 Å². The third-order valence-electron chi connectivity index (χ3n) is 28.3. The fourth-order valence-corrected chi connectivity index (χ4v) is 22.8. The largest absolute Gasteiger partial charge is 0.303 e. The SMILES string of the molecule is Cc1cc2cc(C)c1N(Cc1ccccc1)C(=O)c1cc3cc(c4cccc(C)c4c3c3c(C)cccc13)C(=O)N(Cc1ccccc1)c1c(C)cc(cc1C)C1(CCCCC1)c1cc(C)c(c(C)c1)N(Cc1ccccc1)C(=O)c1cc3cc(c4cccc(C)c4c3c3c(C)cccc13)C(=O)N(Cc1ccccc1)c1c(C)cc(cc1C)C21CCCCC1. The minimum Gasteiger partial charge on any atom is -0.303 e. The van der Waals surface area contributed by atoms with E-state index in [4.69, 9.17) is 0 Å². The molecule has 16 aromatic carbocycles. The van der Waals surface area contributed by atoms with E-state index in [1.165, 1.54) is 22.3 Å². The first-order valence-corrected chi connectivity index (χ1v) is 44.7. The summed E-state index contributed by atoms with van der Waals surface area (Å²) in [6.07, 6.45) is 10.1. The predicted molar refractivity (Wildman–Crippen MR) is 516 cm³/mol. The van der Waals surface area contributed by atoms with Gasteiger partial charge in [-0.05, 0) is 309 Å². The number of fused-ring (bicyclic) bond motifs is 8. The Morgan fingerprint density at radius 3 is 0.621 bits per heavy atom. The van der Waals surface area contributed by atoms with E-state index in [2.05, 4.69) is 326 Å². The summed E-state index contributed by atoms with van der Waals surface area (Å²) in [6.45, 7) is 27.4. The van der Waals surface area contributed by atoms with Gasteiger partial charge >= 0.3 is 0 Å². The maximum atomic E-state index is 17.0. The zero-order chi connectivity index (χ0) is 85.7. The topological polar surface area (TPSA) is 81.2 Å².